The van der Waals surface area contributed by atoms with Crippen LogP contribution in [0.4, 0.5) is 5.69 Å². The average molecular weight is 224 g/mol. The molecule has 1 aromatic rings. The van der Waals surface area contributed by atoms with E-state index in [4.69, 9.17) is 17.0 Å². The third-order valence-corrected chi connectivity index (χ3v) is 2.15. The van der Waals surface area contributed by atoms with Gasteiger partial charge in [-0.25, -0.2) is 0 Å². The Kier molecular flexibility index (Phi) is 5.07. The maximum Gasteiger partial charge on any atom is 0.170 e. The number of benzene rings is 1. The lowest BCUT2D eigenvalue weighted by molar-refractivity contribution is 0.185. The molecular formula is C11H16N2OS. The Morgan fingerprint density at radius 3 is 2.80 bits per heavy atom. The highest BCUT2D eigenvalue weighted by Gasteiger charge is 2.02. The van der Waals surface area contributed by atoms with Crippen molar-refractivity contribution in [2.45, 2.75) is 13.5 Å². The molecular weight excluding hydrogens is 208 g/mol. The number of methoxy groups -OCH3 is 1. The van der Waals surface area contributed by atoms with Gasteiger partial charge in [0.05, 0.1) is 6.61 Å². The normalized spacial score (nSPS) is 9.73. The molecule has 0 atom stereocenters. The van der Waals surface area contributed by atoms with E-state index in [-0.39, 0.29) is 0 Å². The summed E-state index contributed by atoms with van der Waals surface area (Å²) in [7, 11) is 1.68. The molecule has 2 N–H and O–H groups in total. The second-order valence-electron chi connectivity index (χ2n) is 3.07. The van der Waals surface area contributed by atoms with Gasteiger partial charge >= 0.3 is 0 Å². The summed E-state index contributed by atoms with van der Waals surface area (Å²) >= 11 is 5.12. The molecule has 0 aliphatic heterocycles. The summed E-state index contributed by atoms with van der Waals surface area (Å²) in [6.07, 6.45) is 0. The number of rotatable bonds is 4. The molecule has 0 heterocycles. The Bertz CT molecular complexity index is 328. The first-order valence-corrected chi connectivity index (χ1v) is 5.30. The molecule has 3 nitrogen and oxygen atoms in total. The number of hydrogen-bond donors (Lipinski definition) is 2. The SMILES string of the molecule is CCNC(=S)Nc1ccccc1COC. The number of thiocarbonyl (C=S) groups is 1. The maximum atomic E-state index is 5.12. The lowest BCUT2D eigenvalue weighted by Crippen LogP contribution is -2.28. The van der Waals surface area contributed by atoms with Crippen LogP contribution in [-0.4, -0.2) is 18.8 Å². The highest BCUT2D eigenvalue weighted by Crippen LogP contribution is 2.15. The van der Waals surface area contributed by atoms with Crippen LogP contribution < -0.4 is 10.6 Å². The van der Waals surface area contributed by atoms with Gasteiger partial charge in [0.25, 0.3) is 0 Å². The lowest BCUT2D eigenvalue weighted by atomic mass is 10.2. The summed E-state index contributed by atoms with van der Waals surface area (Å²) in [5, 5.41) is 6.82. The number of para-hydroxylation sites is 1. The zero-order valence-corrected chi connectivity index (χ0v) is 9.86. The molecule has 0 aromatic heterocycles. The summed E-state index contributed by atoms with van der Waals surface area (Å²) in [4.78, 5) is 0. The fourth-order valence-electron chi connectivity index (χ4n) is 1.25. The molecule has 0 saturated carbocycles. The van der Waals surface area contributed by atoms with E-state index in [1.54, 1.807) is 7.11 Å². The van der Waals surface area contributed by atoms with Gasteiger partial charge in [0.1, 0.15) is 0 Å². The molecule has 1 rings (SSSR count). The molecule has 1 aromatic carbocycles. The fourth-order valence-corrected chi connectivity index (χ4v) is 1.50. The van der Waals surface area contributed by atoms with Crippen LogP contribution in [0.2, 0.25) is 0 Å². The zero-order chi connectivity index (χ0) is 11.1. The Morgan fingerprint density at radius 1 is 1.40 bits per heavy atom. The highest BCUT2D eigenvalue weighted by atomic mass is 32.1. The largest absolute Gasteiger partial charge is 0.380 e. The summed E-state index contributed by atoms with van der Waals surface area (Å²) in [5.41, 5.74) is 2.09. The van der Waals surface area contributed by atoms with Crippen LogP contribution in [0.5, 0.6) is 0 Å². The molecule has 0 aliphatic carbocycles. The van der Waals surface area contributed by atoms with Gasteiger partial charge in [0.2, 0.25) is 0 Å². The van der Waals surface area contributed by atoms with E-state index in [9.17, 15) is 0 Å². The molecule has 0 bridgehead atoms. The van der Waals surface area contributed by atoms with Crippen molar-refractivity contribution in [3.63, 3.8) is 0 Å². The molecule has 4 heteroatoms. The van der Waals surface area contributed by atoms with Crippen molar-refractivity contribution in [1.82, 2.24) is 5.32 Å². The smallest absolute Gasteiger partial charge is 0.170 e. The first-order chi connectivity index (χ1) is 7.27. The molecule has 0 amide bonds. The Balaban J connectivity index is 2.70. The summed E-state index contributed by atoms with van der Waals surface area (Å²) in [6.45, 7) is 3.41. The van der Waals surface area contributed by atoms with Crippen LogP contribution in [0.3, 0.4) is 0 Å². The molecule has 0 saturated heterocycles. The quantitative estimate of drug-likeness (QED) is 0.768. The van der Waals surface area contributed by atoms with Gasteiger partial charge in [-0.05, 0) is 25.2 Å². The Hall–Kier alpha value is -1.13. The van der Waals surface area contributed by atoms with Crippen molar-refractivity contribution < 1.29 is 4.74 Å². The zero-order valence-electron chi connectivity index (χ0n) is 9.04. The van der Waals surface area contributed by atoms with E-state index in [0.29, 0.717) is 11.7 Å². The van der Waals surface area contributed by atoms with Crippen LogP contribution in [0.1, 0.15) is 12.5 Å². The summed E-state index contributed by atoms with van der Waals surface area (Å²) in [5.74, 6) is 0. The molecule has 15 heavy (non-hydrogen) atoms. The van der Waals surface area contributed by atoms with Crippen LogP contribution in [-0.2, 0) is 11.3 Å². The monoisotopic (exact) mass is 224 g/mol. The minimum Gasteiger partial charge on any atom is -0.380 e. The predicted octanol–water partition coefficient (Wildman–Crippen LogP) is 2.14. The molecule has 0 fully saturated rings. The van der Waals surface area contributed by atoms with E-state index in [0.717, 1.165) is 17.8 Å². The van der Waals surface area contributed by atoms with Gasteiger partial charge in [-0.15, -0.1) is 0 Å². The van der Waals surface area contributed by atoms with Crippen molar-refractivity contribution in [1.29, 1.82) is 0 Å². The maximum absolute atomic E-state index is 5.12. The highest BCUT2D eigenvalue weighted by molar-refractivity contribution is 7.80. The van der Waals surface area contributed by atoms with Crippen LogP contribution in [0.15, 0.2) is 24.3 Å². The van der Waals surface area contributed by atoms with Crippen molar-refractivity contribution in [3.8, 4) is 0 Å². The average Bonchev–Trinajstić information content (AvgIpc) is 2.21. The lowest BCUT2D eigenvalue weighted by Gasteiger charge is -2.12. The summed E-state index contributed by atoms with van der Waals surface area (Å²) < 4.78 is 5.11. The first kappa shape index (κ1) is 11.9. The van der Waals surface area contributed by atoms with Gasteiger partial charge < -0.3 is 15.4 Å². The molecule has 0 radical (unpaired) electrons. The topological polar surface area (TPSA) is 33.3 Å². The number of nitrogens with one attached hydrogen (secondary N) is 2. The third kappa shape index (κ3) is 3.85. The van der Waals surface area contributed by atoms with Crippen LogP contribution in [0.25, 0.3) is 0 Å². The number of ether oxygens (including phenoxy) is 1. The third-order valence-electron chi connectivity index (χ3n) is 1.90. The van der Waals surface area contributed by atoms with Crippen LogP contribution in [0, 0.1) is 0 Å². The predicted molar refractivity (Wildman–Crippen MR) is 67.1 cm³/mol. The van der Waals surface area contributed by atoms with Crippen LogP contribution >= 0.6 is 12.2 Å². The van der Waals surface area contributed by atoms with E-state index >= 15 is 0 Å². The van der Waals surface area contributed by atoms with E-state index in [2.05, 4.69) is 10.6 Å². The minimum absolute atomic E-state index is 0.581. The van der Waals surface area contributed by atoms with Gasteiger partial charge in [0, 0.05) is 24.9 Å². The Morgan fingerprint density at radius 2 is 2.13 bits per heavy atom. The van der Waals surface area contributed by atoms with Gasteiger partial charge in [-0.2, -0.15) is 0 Å². The molecule has 82 valence electrons. The van der Waals surface area contributed by atoms with Crippen molar-refractivity contribution >= 4 is 23.0 Å². The minimum atomic E-state index is 0.581. The second kappa shape index (κ2) is 6.37. The molecule has 0 unspecified atom stereocenters. The first-order valence-electron chi connectivity index (χ1n) is 4.89. The van der Waals surface area contributed by atoms with E-state index < -0.39 is 0 Å². The van der Waals surface area contributed by atoms with E-state index in [1.807, 2.05) is 31.2 Å². The second-order valence-corrected chi connectivity index (χ2v) is 3.48. The Labute approximate surface area is 95.8 Å². The number of anilines is 1. The van der Waals surface area contributed by atoms with Gasteiger partial charge in [-0.1, -0.05) is 18.2 Å². The molecule has 0 spiro atoms. The van der Waals surface area contributed by atoms with E-state index in [1.165, 1.54) is 0 Å². The standard InChI is InChI=1S/C11H16N2OS/c1-3-12-11(15)13-10-7-5-4-6-9(10)8-14-2/h4-7H,3,8H2,1-2H3,(H2,12,13,15). The van der Waals surface area contributed by atoms with Crippen molar-refractivity contribution in [2.75, 3.05) is 19.0 Å². The van der Waals surface area contributed by atoms with Gasteiger partial charge in [0.15, 0.2) is 5.11 Å². The van der Waals surface area contributed by atoms with Gasteiger partial charge in [-0.3, -0.25) is 0 Å². The van der Waals surface area contributed by atoms with Crippen molar-refractivity contribution in [2.24, 2.45) is 0 Å². The fraction of sp³-hybridized carbons (Fsp3) is 0.364. The summed E-state index contributed by atoms with van der Waals surface area (Å²) in [6, 6.07) is 7.95. The molecule has 0 aliphatic rings. The number of hydrogen-bond acceptors (Lipinski definition) is 2. The van der Waals surface area contributed by atoms with Crippen molar-refractivity contribution in [3.05, 3.63) is 29.8 Å².